The third-order valence-corrected chi connectivity index (χ3v) is 2.70. The average molecular weight is 222 g/mol. The van der Waals surface area contributed by atoms with E-state index >= 15 is 0 Å². The first-order valence-corrected chi connectivity index (χ1v) is 5.14. The molecule has 4 heteroatoms. The Hall–Kier alpha value is -1.55. The van der Waals surface area contributed by atoms with E-state index in [-0.39, 0.29) is 5.56 Å². The number of rotatable bonds is 1. The van der Waals surface area contributed by atoms with E-state index in [0.29, 0.717) is 17.7 Å². The molecule has 4 nitrogen and oxygen atoms in total. The van der Waals surface area contributed by atoms with Gasteiger partial charge in [0.05, 0.1) is 11.7 Å². The molecule has 0 aliphatic carbocycles. The summed E-state index contributed by atoms with van der Waals surface area (Å²) < 4.78 is 5.66. The van der Waals surface area contributed by atoms with Crippen molar-refractivity contribution in [3.05, 3.63) is 29.3 Å². The van der Waals surface area contributed by atoms with Crippen molar-refractivity contribution >= 4 is 5.97 Å². The molecular formula is C12H14O4. The lowest BCUT2D eigenvalue weighted by molar-refractivity contribution is 0.0102. The highest BCUT2D eigenvalue weighted by atomic mass is 16.5. The first kappa shape index (κ1) is 11.0. The average Bonchev–Trinajstić information content (AvgIpc) is 2.14. The van der Waals surface area contributed by atoms with Crippen molar-refractivity contribution in [1.82, 2.24) is 0 Å². The molecule has 86 valence electrons. The van der Waals surface area contributed by atoms with Gasteiger partial charge < -0.3 is 14.9 Å². The highest BCUT2D eigenvalue weighted by Gasteiger charge is 2.35. The van der Waals surface area contributed by atoms with E-state index in [4.69, 9.17) is 9.84 Å². The van der Waals surface area contributed by atoms with Gasteiger partial charge in [-0.05, 0) is 26.0 Å². The summed E-state index contributed by atoms with van der Waals surface area (Å²) in [6.07, 6.45) is -0.393. The number of carboxylic acids is 1. The third kappa shape index (κ3) is 1.76. The van der Waals surface area contributed by atoms with Crippen molar-refractivity contribution < 1.29 is 19.7 Å². The maximum absolute atomic E-state index is 11.0. The lowest BCUT2D eigenvalue weighted by atomic mass is 9.89. The molecule has 0 radical (unpaired) electrons. The standard InChI is InChI=1S/C12H14O4/c1-12(2)6-8(13)10-7(11(14)15)4-3-5-9(10)16-12/h3-5,8,13H,6H2,1-2H3,(H,14,15). The second kappa shape index (κ2) is 3.49. The Bertz CT molecular complexity index is 437. The minimum atomic E-state index is -1.04. The molecule has 1 heterocycles. The van der Waals surface area contributed by atoms with Crippen LogP contribution in [0.4, 0.5) is 0 Å². The van der Waals surface area contributed by atoms with E-state index in [1.54, 1.807) is 12.1 Å². The first-order valence-electron chi connectivity index (χ1n) is 5.14. The van der Waals surface area contributed by atoms with E-state index in [1.807, 2.05) is 13.8 Å². The second-order valence-electron chi connectivity index (χ2n) is 4.60. The minimum absolute atomic E-state index is 0.112. The first-order chi connectivity index (χ1) is 7.41. The van der Waals surface area contributed by atoms with E-state index in [0.717, 1.165) is 0 Å². The van der Waals surface area contributed by atoms with Crippen LogP contribution in [0, 0.1) is 0 Å². The molecule has 0 bridgehead atoms. The van der Waals surface area contributed by atoms with Crippen molar-refractivity contribution in [2.75, 3.05) is 0 Å². The molecule has 1 atom stereocenters. The zero-order chi connectivity index (χ0) is 11.9. The summed E-state index contributed by atoms with van der Waals surface area (Å²) >= 11 is 0. The normalized spacial score (nSPS) is 22.1. The monoisotopic (exact) mass is 222 g/mol. The molecule has 2 rings (SSSR count). The third-order valence-electron chi connectivity index (χ3n) is 2.70. The van der Waals surface area contributed by atoms with Gasteiger partial charge in [0, 0.05) is 12.0 Å². The van der Waals surface area contributed by atoms with Crippen LogP contribution in [-0.4, -0.2) is 21.8 Å². The molecule has 0 amide bonds. The smallest absolute Gasteiger partial charge is 0.336 e. The predicted octanol–water partition coefficient (Wildman–Crippen LogP) is 1.98. The van der Waals surface area contributed by atoms with Gasteiger partial charge >= 0.3 is 5.97 Å². The van der Waals surface area contributed by atoms with E-state index in [1.165, 1.54) is 6.07 Å². The van der Waals surface area contributed by atoms with Crippen LogP contribution in [0.5, 0.6) is 5.75 Å². The van der Waals surface area contributed by atoms with Gasteiger partial charge in [0.25, 0.3) is 0 Å². The Labute approximate surface area is 93.5 Å². The SMILES string of the molecule is CC1(C)CC(O)c2c(cccc2C(=O)O)O1. The molecule has 1 unspecified atom stereocenters. The summed E-state index contributed by atoms with van der Waals surface area (Å²) in [5.41, 5.74) is 0.0265. The number of aliphatic hydroxyl groups excluding tert-OH is 1. The topological polar surface area (TPSA) is 66.8 Å². The lowest BCUT2D eigenvalue weighted by Gasteiger charge is -2.36. The molecule has 1 aromatic rings. The Morgan fingerprint density at radius 1 is 1.50 bits per heavy atom. The Balaban J connectivity index is 2.56. The number of fused-ring (bicyclic) bond motifs is 1. The number of benzene rings is 1. The Kier molecular flexibility index (Phi) is 2.39. The highest BCUT2D eigenvalue weighted by Crippen LogP contribution is 2.41. The van der Waals surface area contributed by atoms with Crippen molar-refractivity contribution in [3.8, 4) is 5.75 Å². The predicted molar refractivity (Wildman–Crippen MR) is 57.7 cm³/mol. The largest absolute Gasteiger partial charge is 0.487 e. The van der Waals surface area contributed by atoms with Crippen LogP contribution in [0.25, 0.3) is 0 Å². The molecule has 0 saturated carbocycles. The molecule has 0 saturated heterocycles. The molecule has 2 N–H and O–H groups in total. The van der Waals surface area contributed by atoms with Crippen LogP contribution in [0.3, 0.4) is 0 Å². The number of hydrogen-bond donors (Lipinski definition) is 2. The molecule has 0 spiro atoms. The maximum Gasteiger partial charge on any atom is 0.336 e. The summed E-state index contributed by atoms with van der Waals surface area (Å²) in [6, 6.07) is 4.79. The van der Waals surface area contributed by atoms with Crippen molar-refractivity contribution in [3.63, 3.8) is 0 Å². The van der Waals surface area contributed by atoms with E-state index < -0.39 is 17.7 Å². The number of carboxylic acid groups (broad SMARTS) is 1. The number of carbonyl (C=O) groups is 1. The zero-order valence-electron chi connectivity index (χ0n) is 9.23. The Morgan fingerprint density at radius 3 is 2.81 bits per heavy atom. The molecule has 1 aliphatic heterocycles. The fourth-order valence-corrected chi connectivity index (χ4v) is 2.07. The fourth-order valence-electron chi connectivity index (χ4n) is 2.07. The van der Waals surface area contributed by atoms with E-state index in [2.05, 4.69) is 0 Å². The van der Waals surface area contributed by atoms with Gasteiger partial charge in [0.15, 0.2) is 0 Å². The maximum atomic E-state index is 11.0. The van der Waals surface area contributed by atoms with Gasteiger partial charge in [-0.3, -0.25) is 0 Å². The molecular weight excluding hydrogens is 208 g/mol. The second-order valence-corrected chi connectivity index (χ2v) is 4.60. The van der Waals surface area contributed by atoms with Gasteiger partial charge in [0.1, 0.15) is 11.4 Å². The Morgan fingerprint density at radius 2 is 2.19 bits per heavy atom. The van der Waals surface area contributed by atoms with Gasteiger partial charge in [-0.1, -0.05) is 6.07 Å². The summed E-state index contributed by atoms with van der Waals surface area (Å²) in [5, 5.41) is 19.0. The molecule has 1 aromatic carbocycles. The molecule has 16 heavy (non-hydrogen) atoms. The van der Waals surface area contributed by atoms with Crippen molar-refractivity contribution in [1.29, 1.82) is 0 Å². The van der Waals surface area contributed by atoms with Gasteiger partial charge in [0.2, 0.25) is 0 Å². The van der Waals surface area contributed by atoms with Crippen LogP contribution in [0.15, 0.2) is 18.2 Å². The number of ether oxygens (including phenoxy) is 1. The quantitative estimate of drug-likeness (QED) is 0.762. The molecule has 1 aliphatic rings. The zero-order valence-corrected chi connectivity index (χ0v) is 9.23. The van der Waals surface area contributed by atoms with E-state index in [9.17, 15) is 9.90 Å². The minimum Gasteiger partial charge on any atom is -0.487 e. The number of hydrogen-bond acceptors (Lipinski definition) is 3. The fraction of sp³-hybridized carbons (Fsp3) is 0.417. The van der Waals surface area contributed by atoms with Gasteiger partial charge in [-0.25, -0.2) is 4.79 Å². The van der Waals surface area contributed by atoms with Gasteiger partial charge in [-0.2, -0.15) is 0 Å². The van der Waals surface area contributed by atoms with Gasteiger partial charge in [-0.15, -0.1) is 0 Å². The summed E-state index contributed by atoms with van der Waals surface area (Å²) in [7, 11) is 0. The summed E-state index contributed by atoms with van der Waals surface area (Å²) in [4.78, 5) is 11.0. The van der Waals surface area contributed by atoms with Crippen molar-refractivity contribution in [2.24, 2.45) is 0 Å². The van der Waals surface area contributed by atoms with Crippen molar-refractivity contribution in [2.45, 2.75) is 32.0 Å². The van der Waals surface area contributed by atoms with Crippen LogP contribution in [0.2, 0.25) is 0 Å². The van der Waals surface area contributed by atoms with Crippen LogP contribution in [-0.2, 0) is 0 Å². The number of aromatic carboxylic acids is 1. The lowest BCUT2D eigenvalue weighted by Crippen LogP contribution is -2.35. The van der Waals surface area contributed by atoms with Crippen LogP contribution < -0.4 is 4.74 Å². The summed E-state index contributed by atoms with van der Waals surface area (Å²) in [5.74, 6) is -0.581. The molecule has 0 aromatic heterocycles. The van der Waals surface area contributed by atoms with Crippen LogP contribution >= 0.6 is 0 Å². The number of aliphatic hydroxyl groups is 1. The molecule has 0 fully saturated rings. The highest BCUT2D eigenvalue weighted by molar-refractivity contribution is 5.90. The van der Waals surface area contributed by atoms with Crippen LogP contribution in [0.1, 0.15) is 42.3 Å². The summed E-state index contributed by atoms with van der Waals surface area (Å²) in [6.45, 7) is 3.74.